The molecule has 2 aromatic heterocycles. The van der Waals surface area contributed by atoms with Crippen LogP contribution in [-0.4, -0.2) is 47.9 Å². The minimum Gasteiger partial charge on any atom is -0.353 e. The van der Waals surface area contributed by atoms with Gasteiger partial charge in [-0.1, -0.05) is 0 Å². The zero-order chi connectivity index (χ0) is 20.2. The largest absolute Gasteiger partial charge is 0.353 e. The fraction of sp³-hybridized carbons (Fsp3) is 0.429. The second-order valence-corrected chi connectivity index (χ2v) is 10.2. The Bertz CT molecular complexity index is 1210. The summed E-state index contributed by atoms with van der Waals surface area (Å²) in [5, 5.41) is 5.16. The van der Waals surface area contributed by atoms with Crippen LogP contribution in [-0.2, 0) is 14.8 Å². The molecule has 1 amide bonds. The summed E-state index contributed by atoms with van der Waals surface area (Å²) < 4.78 is 25.0. The molecule has 0 bridgehead atoms. The van der Waals surface area contributed by atoms with E-state index >= 15 is 0 Å². The van der Waals surface area contributed by atoms with Crippen molar-refractivity contribution in [2.24, 2.45) is 5.92 Å². The summed E-state index contributed by atoms with van der Waals surface area (Å²) in [5.41, 5.74) is 3.78. The monoisotopic (exact) mass is 412 g/mol. The number of rotatable bonds is 4. The van der Waals surface area contributed by atoms with Gasteiger partial charge in [0, 0.05) is 52.6 Å². The maximum Gasteiger partial charge on any atom is 0.227 e. The van der Waals surface area contributed by atoms with Gasteiger partial charge in [-0.05, 0) is 49.9 Å². The van der Waals surface area contributed by atoms with Gasteiger partial charge in [-0.2, -0.15) is 0 Å². The third kappa shape index (κ3) is 3.62. The highest BCUT2D eigenvalue weighted by Gasteiger charge is 2.30. The molecule has 0 atom stereocenters. The number of H-pyrrole nitrogens is 1. The molecule has 2 N–H and O–H groups in total. The van der Waals surface area contributed by atoms with E-state index in [2.05, 4.69) is 21.4 Å². The summed E-state index contributed by atoms with van der Waals surface area (Å²) in [6.45, 7) is 1.07. The van der Waals surface area contributed by atoms with Crippen molar-refractivity contribution < 1.29 is 13.2 Å². The van der Waals surface area contributed by atoms with Crippen LogP contribution in [0.15, 0.2) is 30.5 Å². The lowest BCUT2D eigenvalue weighted by Gasteiger charge is -2.29. The van der Waals surface area contributed by atoms with E-state index in [9.17, 15) is 13.2 Å². The van der Waals surface area contributed by atoms with Gasteiger partial charge in [-0.3, -0.25) is 9.78 Å². The molecular formula is C21H24N4O3S. The number of amides is 1. The normalized spacial score (nSPS) is 19.1. The zero-order valence-corrected chi connectivity index (χ0v) is 17.1. The Balaban J connectivity index is 1.44. The lowest BCUT2D eigenvalue weighted by Crippen LogP contribution is -2.37. The lowest BCUT2D eigenvalue weighted by molar-refractivity contribution is -0.117. The number of pyridine rings is 1. The quantitative estimate of drug-likeness (QED) is 0.688. The topological polar surface area (TPSA) is 95.2 Å². The molecule has 0 spiro atoms. The molecule has 1 aliphatic carbocycles. The average molecular weight is 413 g/mol. The van der Waals surface area contributed by atoms with Gasteiger partial charge in [0.1, 0.15) is 0 Å². The Hall–Kier alpha value is -2.45. The van der Waals surface area contributed by atoms with Crippen LogP contribution in [0.3, 0.4) is 0 Å². The van der Waals surface area contributed by atoms with Gasteiger partial charge >= 0.3 is 0 Å². The Morgan fingerprint density at radius 2 is 1.83 bits per heavy atom. The molecular weight excluding hydrogens is 388 g/mol. The minimum atomic E-state index is -3.13. The Morgan fingerprint density at radius 1 is 1.10 bits per heavy atom. The molecule has 1 aromatic carbocycles. The van der Waals surface area contributed by atoms with Gasteiger partial charge in [-0.15, -0.1) is 0 Å². The van der Waals surface area contributed by atoms with Crippen LogP contribution in [0.1, 0.15) is 37.3 Å². The van der Waals surface area contributed by atoms with Gasteiger partial charge in [0.25, 0.3) is 0 Å². The number of fused-ring (bicyclic) bond motifs is 3. The van der Waals surface area contributed by atoms with Gasteiger partial charge in [0.15, 0.2) is 0 Å². The van der Waals surface area contributed by atoms with Gasteiger partial charge in [0.05, 0.1) is 18.0 Å². The van der Waals surface area contributed by atoms with E-state index in [0.29, 0.717) is 13.1 Å². The number of nitrogens with one attached hydrogen (secondary N) is 2. The second kappa shape index (κ2) is 6.81. The summed E-state index contributed by atoms with van der Waals surface area (Å²) in [6.07, 6.45) is 6.63. The van der Waals surface area contributed by atoms with E-state index in [1.165, 1.54) is 6.26 Å². The summed E-state index contributed by atoms with van der Waals surface area (Å²) in [4.78, 5) is 20.1. The predicted octanol–water partition coefficient (Wildman–Crippen LogP) is 3.20. The Morgan fingerprint density at radius 3 is 2.52 bits per heavy atom. The fourth-order valence-corrected chi connectivity index (χ4v) is 5.06. The molecule has 3 aromatic rings. The highest BCUT2D eigenvalue weighted by atomic mass is 32.2. The highest BCUT2D eigenvalue weighted by Crippen LogP contribution is 2.34. The maximum absolute atomic E-state index is 12.1. The lowest BCUT2D eigenvalue weighted by atomic mass is 9.93. The molecule has 2 aliphatic rings. The first-order valence-electron chi connectivity index (χ1n) is 10.1. The number of anilines is 1. The highest BCUT2D eigenvalue weighted by molar-refractivity contribution is 7.88. The van der Waals surface area contributed by atoms with Crippen LogP contribution in [0.25, 0.3) is 21.8 Å². The van der Waals surface area contributed by atoms with E-state index in [0.717, 1.165) is 58.9 Å². The molecule has 7 nitrogen and oxygen atoms in total. The second-order valence-electron chi connectivity index (χ2n) is 8.24. The number of nitrogens with zero attached hydrogens (tertiary/aromatic N) is 2. The first kappa shape index (κ1) is 18.6. The van der Waals surface area contributed by atoms with Crippen LogP contribution < -0.4 is 5.32 Å². The molecule has 3 heterocycles. The van der Waals surface area contributed by atoms with E-state index in [4.69, 9.17) is 0 Å². The number of hydrogen-bond donors (Lipinski definition) is 2. The molecule has 1 saturated heterocycles. The number of aromatic amines is 1. The van der Waals surface area contributed by atoms with Crippen LogP contribution in [0, 0.1) is 5.92 Å². The van der Waals surface area contributed by atoms with Crippen molar-refractivity contribution >= 4 is 43.4 Å². The molecule has 5 rings (SSSR count). The van der Waals surface area contributed by atoms with Crippen molar-refractivity contribution in [1.29, 1.82) is 0 Å². The summed E-state index contributed by atoms with van der Waals surface area (Å²) in [5.74, 6) is 0.520. The number of aromatic nitrogens is 2. The van der Waals surface area contributed by atoms with Gasteiger partial charge < -0.3 is 10.3 Å². The predicted molar refractivity (Wildman–Crippen MR) is 113 cm³/mol. The number of carbonyl (C=O) groups excluding carboxylic acids is 1. The van der Waals surface area contributed by atoms with Crippen LogP contribution in [0.4, 0.5) is 5.69 Å². The van der Waals surface area contributed by atoms with Crippen molar-refractivity contribution in [3.63, 3.8) is 0 Å². The number of carbonyl (C=O) groups is 1. The molecule has 152 valence electrons. The van der Waals surface area contributed by atoms with Crippen molar-refractivity contribution in [2.45, 2.75) is 31.6 Å². The first-order chi connectivity index (χ1) is 13.9. The van der Waals surface area contributed by atoms with E-state index in [1.807, 2.05) is 24.4 Å². The average Bonchev–Trinajstić information content (AvgIpc) is 3.49. The smallest absolute Gasteiger partial charge is 0.227 e. The van der Waals surface area contributed by atoms with Gasteiger partial charge in [0.2, 0.25) is 15.9 Å². The molecule has 29 heavy (non-hydrogen) atoms. The number of sulfonamides is 1. The summed E-state index contributed by atoms with van der Waals surface area (Å²) in [7, 11) is -3.13. The Kier molecular flexibility index (Phi) is 4.36. The van der Waals surface area contributed by atoms with Gasteiger partial charge in [-0.25, -0.2) is 12.7 Å². The maximum atomic E-state index is 12.1. The molecule has 0 radical (unpaired) electrons. The molecule has 1 aliphatic heterocycles. The zero-order valence-electron chi connectivity index (χ0n) is 16.3. The minimum absolute atomic E-state index is 0.101. The van der Waals surface area contributed by atoms with Crippen LogP contribution >= 0.6 is 0 Å². The third-order valence-electron chi connectivity index (χ3n) is 6.06. The molecule has 0 unspecified atom stereocenters. The third-order valence-corrected chi connectivity index (χ3v) is 7.36. The van der Waals surface area contributed by atoms with Crippen molar-refractivity contribution in [3.05, 3.63) is 36.2 Å². The molecule has 8 heteroatoms. The standard InChI is InChI=1S/C21H24N4O3S/c1-29(27,28)25-8-6-13(7-9-25)19-11-17-16-10-15(23-21(26)14-2-3-14)4-5-18(16)24-20(17)12-22-19/h4-5,10-14,24H,2-3,6-9H2,1H3,(H,23,26). The summed E-state index contributed by atoms with van der Waals surface area (Å²) in [6, 6.07) is 8.04. The molecule has 2 fully saturated rings. The van der Waals surface area contributed by atoms with Crippen molar-refractivity contribution in [2.75, 3.05) is 24.7 Å². The molecule has 1 saturated carbocycles. The first-order valence-corrected chi connectivity index (χ1v) is 11.9. The van der Waals surface area contributed by atoms with Crippen LogP contribution in [0.5, 0.6) is 0 Å². The van der Waals surface area contributed by atoms with Crippen LogP contribution in [0.2, 0.25) is 0 Å². The number of benzene rings is 1. The van der Waals surface area contributed by atoms with E-state index in [-0.39, 0.29) is 17.7 Å². The van der Waals surface area contributed by atoms with Crippen molar-refractivity contribution in [1.82, 2.24) is 14.3 Å². The fourth-order valence-electron chi connectivity index (χ4n) is 4.19. The Labute approximate surface area is 169 Å². The van der Waals surface area contributed by atoms with E-state index < -0.39 is 10.0 Å². The summed E-state index contributed by atoms with van der Waals surface area (Å²) >= 11 is 0. The number of piperidine rings is 1. The number of hydrogen-bond acceptors (Lipinski definition) is 4. The SMILES string of the molecule is CS(=O)(=O)N1CCC(c2cc3c(cn2)[nH]c2ccc(NC(=O)C4CC4)cc23)CC1. The van der Waals surface area contributed by atoms with E-state index in [1.54, 1.807) is 4.31 Å². The van der Waals surface area contributed by atoms with Crippen molar-refractivity contribution in [3.8, 4) is 0 Å².